The number of likely N-dealkylation sites (N-methyl/N-ethyl adjacent to an activating group) is 1. The predicted molar refractivity (Wildman–Crippen MR) is 97.8 cm³/mol. The van der Waals surface area contributed by atoms with E-state index < -0.39 is 0 Å². The molecule has 0 saturated heterocycles. The van der Waals surface area contributed by atoms with Crippen LogP contribution in [0.1, 0.15) is 16.1 Å². The van der Waals surface area contributed by atoms with Crippen LogP contribution in [0.25, 0.3) is 10.2 Å². The van der Waals surface area contributed by atoms with Gasteiger partial charge in [-0.15, -0.1) is 0 Å². The number of amides is 1. The third-order valence-electron chi connectivity index (χ3n) is 3.93. The molecule has 2 aromatic heterocycles. The van der Waals surface area contributed by atoms with Gasteiger partial charge in [-0.2, -0.15) is 5.10 Å². The largest absolute Gasteiger partial charge is 0.308 e. The molecule has 0 N–H and O–H groups in total. The zero-order chi connectivity index (χ0) is 18.1. The molecule has 25 heavy (non-hydrogen) atoms. The van der Waals surface area contributed by atoms with Crippen molar-refractivity contribution in [2.45, 2.75) is 6.92 Å². The average molecular weight is 361 g/mol. The van der Waals surface area contributed by atoms with Gasteiger partial charge in [0.05, 0.1) is 10.9 Å². The number of carbonyl (C=O) groups is 1. The number of fused-ring (bicyclic) bond motifs is 1. The number of hydrogen-bond donors (Lipinski definition) is 0. The Kier molecular flexibility index (Phi) is 4.82. The fourth-order valence-corrected chi connectivity index (χ4v) is 3.59. The smallest absolute Gasteiger partial charge is 0.278 e. The monoisotopic (exact) mass is 361 g/mol. The number of carbonyl (C=O) groups excluding carboxylic acids is 1. The second-order valence-electron chi connectivity index (χ2n) is 6.14. The molecule has 1 amide bonds. The standard InChI is InChI=1S/C17H20FN5OS/c1-11-10-19-22(4)15(11)16(24)23(9-8-21(2)3)17-20-14-12(18)6-5-7-13(14)25-17/h5-7,10H,8-9H2,1-4H3. The first-order valence-corrected chi connectivity index (χ1v) is 8.70. The molecule has 3 rings (SSSR count). The topological polar surface area (TPSA) is 54.3 Å². The van der Waals surface area contributed by atoms with Gasteiger partial charge in [-0.05, 0) is 38.7 Å². The predicted octanol–water partition coefficient (Wildman–Crippen LogP) is 2.69. The highest BCUT2D eigenvalue weighted by Gasteiger charge is 2.25. The summed E-state index contributed by atoms with van der Waals surface area (Å²) >= 11 is 1.31. The molecule has 0 aliphatic heterocycles. The van der Waals surface area contributed by atoms with Crippen molar-refractivity contribution in [3.8, 4) is 0 Å². The summed E-state index contributed by atoms with van der Waals surface area (Å²) in [5.74, 6) is -0.560. The SMILES string of the molecule is Cc1cnn(C)c1C(=O)N(CCN(C)C)c1nc2c(F)cccc2s1. The fourth-order valence-electron chi connectivity index (χ4n) is 2.58. The lowest BCUT2D eigenvalue weighted by Gasteiger charge is -2.22. The van der Waals surface area contributed by atoms with Gasteiger partial charge in [-0.1, -0.05) is 17.4 Å². The van der Waals surface area contributed by atoms with Crippen LogP contribution >= 0.6 is 11.3 Å². The van der Waals surface area contributed by atoms with Crippen molar-refractivity contribution in [1.82, 2.24) is 19.7 Å². The van der Waals surface area contributed by atoms with Gasteiger partial charge in [0.15, 0.2) is 5.13 Å². The lowest BCUT2D eigenvalue weighted by atomic mass is 10.2. The summed E-state index contributed by atoms with van der Waals surface area (Å²) < 4.78 is 16.3. The molecule has 0 aliphatic rings. The number of aryl methyl sites for hydroxylation is 2. The van der Waals surface area contributed by atoms with Crippen molar-refractivity contribution in [2.24, 2.45) is 7.05 Å². The molecule has 0 fully saturated rings. The number of halogens is 1. The van der Waals surface area contributed by atoms with E-state index in [1.54, 1.807) is 28.9 Å². The van der Waals surface area contributed by atoms with E-state index in [4.69, 9.17) is 0 Å². The third-order valence-corrected chi connectivity index (χ3v) is 4.97. The number of nitrogens with zero attached hydrogens (tertiary/aromatic N) is 5. The fraction of sp³-hybridized carbons (Fsp3) is 0.353. The molecule has 0 bridgehead atoms. The summed E-state index contributed by atoms with van der Waals surface area (Å²) in [4.78, 5) is 21.1. The van der Waals surface area contributed by atoms with E-state index in [2.05, 4.69) is 10.1 Å². The van der Waals surface area contributed by atoms with E-state index >= 15 is 0 Å². The number of para-hydroxylation sites is 1. The Bertz CT molecular complexity index is 898. The minimum absolute atomic E-state index is 0.182. The van der Waals surface area contributed by atoms with Crippen molar-refractivity contribution in [3.05, 3.63) is 41.5 Å². The maximum Gasteiger partial charge on any atom is 0.278 e. The molecule has 1 aromatic carbocycles. The van der Waals surface area contributed by atoms with E-state index in [0.717, 1.165) is 10.3 Å². The molecular weight excluding hydrogens is 341 g/mol. The van der Waals surface area contributed by atoms with Crippen molar-refractivity contribution < 1.29 is 9.18 Å². The molecule has 0 unspecified atom stereocenters. The van der Waals surface area contributed by atoms with Crippen LogP contribution in [0.4, 0.5) is 9.52 Å². The van der Waals surface area contributed by atoms with Gasteiger partial charge < -0.3 is 4.90 Å². The minimum Gasteiger partial charge on any atom is -0.308 e. The Labute approximate surface area is 149 Å². The third kappa shape index (κ3) is 3.40. The van der Waals surface area contributed by atoms with E-state index in [1.807, 2.05) is 32.0 Å². The van der Waals surface area contributed by atoms with Crippen molar-refractivity contribution in [2.75, 3.05) is 32.1 Å². The van der Waals surface area contributed by atoms with Crippen LogP contribution in [-0.2, 0) is 7.05 Å². The first kappa shape index (κ1) is 17.5. The van der Waals surface area contributed by atoms with E-state index in [9.17, 15) is 9.18 Å². The Morgan fingerprint density at radius 2 is 2.08 bits per heavy atom. The summed E-state index contributed by atoms with van der Waals surface area (Å²) in [6.07, 6.45) is 1.66. The second kappa shape index (κ2) is 6.89. The Morgan fingerprint density at radius 1 is 1.32 bits per heavy atom. The molecule has 0 radical (unpaired) electrons. The van der Waals surface area contributed by atoms with Gasteiger partial charge in [0.1, 0.15) is 17.0 Å². The van der Waals surface area contributed by atoms with Gasteiger partial charge in [0.25, 0.3) is 5.91 Å². The molecule has 132 valence electrons. The number of anilines is 1. The normalized spacial score (nSPS) is 11.4. The zero-order valence-electron chi connectivity index (χ0n) is 14.7. The first-order chi connectivity index (χ1) is 11.9. The Hall–Kier alpha value is -2.32. The van der Waals surface area contributed by atoms with Crippen LogP contribution in [0, 0.1) is 12.7 Å². The van der Waals surface area contributed by atoms with Crippen LogP contribution < -0.4 is 4.90 Å². The number of benzene rings is 1. The van der Waals surface area contributed by atoms with E-state index in [0.29, 0.717) is 29.4 Å². The molecule has 0 atom stereocenters. The number of hydrogen-bond acceptors (Lipinski definition) is 5. The number of thiazole rings is 1. The van der Waals surface area contributed by atoms with Crippen LogP contribution in [0.2, 0.25) is 0 Å². The van der Waals surface area contributed by atoms with E-state index in [-0.39, 0.29) is 11.7 Å². The highest BCUT2D eigenvalue weighted by atomic mass is 32.1. The van der Waals surface area contributed by atoms with Crippen molar-refractivity contribution in [1.29, 1.82) is 0 Å². The zero-order valence-corrected chi connectivity index (χ0v) is 15.5. The minimum atomic E-state index is -0.378. The average Bonchev–Trinajstić information content (AvgIpc) is 3.11. The second-order valence-corrected chi connectivity index (χ2v) is 7.15. The molecule has 0 spiro atoms. The summed E-state index contributed by atoms with van der Waals surface area (Å²) in [5, 5.41) is 4.64. The van der Waals surface area contributed by atoms with Crippen molar-refractivity contribution >= 4 is 32.6 Å². The van der Waals surface area contributed by atoms with Gasteiger partial charge in [0, 0.05) is 20.1 Å². The van der Waals surface area contributed by atoms with Crippen molar-refractivity contribution in [3.63, 3.8) is 0 Å². The maximum atomic E-state index is 14.0. The molecule has 2 heterocycles. The lowest BCUT2D eigenvalue weighted by molar-refractivity contribution is 0.0975. The van der Waals surface area contributed by atoms with E-state index in [1.165, 1.54) is 17.4 Å². The molecule has 0 aliphatic carbocycles. The highest BCUT2D eigenvalue weighted by Crippen LogP contribution is 2.31. The Balaban J connectivity index is 2.04. The number of rotatable bonds is 5. The Morgan fingerprint density at radius 3 is 2.68 bits per heavy atom. The molecule has 3 aromatic rings. The summed E-state index contributed by atoms with van der Waals surface area (Å²) in [6, 6.07) is 4.84. The molecule has 8 heteroatoms. The summed E-state index contributed by atoms with van der Waals surface area (Å²) in [6.45, 7) is 2.97. The molecule has 6 nitrogen and oxygen atoms in total. The van der Waals surface area contributed by atoms with Crippen LogP contribution in [0.15, 0.2) is 24.4 Å². The number of aromatic nitrogens is 3. The highest BCUT2D eigenvalue weighted by molar-refractivity contribution is 7.22. The molecule has 0 saturated carbocycles. The van der Waals surface area contributed by atoms with Gasteiger partial charge in [-0.3, -0.25) is 14.4 Å². The summed E-state index contributed by atoms with van der Waals surface area (Å²) in [7, 11) is 5.62. The van der Waals surface area contributed by atoms with Gasteiger partial charge in [-0.25, -0.2) is 9.37 Å². The van der Waals surface area contributed by atoms with Crippen LogP contribution in [0.3, 0.4) is 0 Å². The molecular formula is C17H20FN5OS. The summed E-state index contributed by atoms with van der Waals surface area (Å²) in [5.41, 5.74) is 1.61. The first-order valence-electron chi connectivity index (χ1n) is 7.88. The quantitative estimate of drug-likeness (QED) is 0.701. The van der Waals surface area contributed by atoms with Gasteiger partial charge in [0.2, 0.25) is 0 Å². The van der Waals surface area contributed by atoms with Gasteiger partial charge >= 0.3 is 0 Å². The van der Waals surface area contributed by atoms with Crippen LogP contribution in [-0.4, -0.2) is 52.8 Å². The maximum absolute atomic E-state index is 14.0. The lowest BCUT2D eigenvalue weighted by Crippen LogP contribution is -2.38. The van der Waals surface area contributed by atoms with Crippen LogP contribution in [0.5, 0.6) is 0 Å².